The Morgan fingerprint density at radius 3 is 2.61 bits per heavy atom. The normalized spacial score (nSPS) is 10.1. The second-order valence-corrected chi connectivity index (χ2v) is 4.52. The first-order chi connectivity index (χ1) is 8.70. The quantitative estimate of drug-likeness (QED) is 0.762. The van der Waals surface area contributed by atoms with Gasteiger partial charge in [-0.2, -0.15) is 0 Å². The third kappa shape index (κ3) is 2.77. The highest BCUT2D eigenvalue weighted by Gasteiger charge is 2.06. The molecule has 18 heavy (non-hydrogen) atoms. The van der Waals surface area contributed by atoms with E-state index in [1.165, 1.54) is 11.1 Å². The molecule has 2 heteroatoms. The van der Waals surface area contributed by atoms with Gasteiger partial charge in [0.1, 0.15) is 0 Å². The molecule has 0 aliphatic rings. The van der Waals surface area contributed by atoms with Gasteiger partial charge in [-0.3, -0.25) is 4.79 Å². The van der Waals surface area contributed by atoms with Gasteiger partial charge >= 0.3 is 0 Å². The Morgan fingerprint density at radius 1 is 1.11 bits per heavy atom. The summed E-state index contributed by atoms with van der Waals surface area (Å²) in [7, 11) is 2.00. The van der Waals surface area contributed by atoms with Gasteiger partial charge in [0.15, 0.2) is 6.29 Å². The first kappa shape index (κ1) is 12.4. The van der Waals surface area contributed by atoms with Crippen molar-refractivity contribution in [2.75, 3.05) is 11.9 Å². The van der Waals surface area contributed by atoms with Crippen molar-refractivity contribution in [1.29, 1.82) is 0 Å². The lowest BCUT2D eigenvalue weighted by molar-refractivity contribution is 0.112. The van der Waals surface area contributed by atoms with Crippen LogP contribution in [0.4, 0.5) is 5.69 Å². The molecule has 0 bridgehead atoms. The summed E-state index contributed by atoms with van der Waals surface area (Å²) in [5.74, 6) is 0. The molecule has 0 aliphatic carbocycles. The predicted molar refractivity (Wildman–Crippen MR) is 75.1 cm³/mol. The van der Waals surface area contributed by atoms with E-state index in [2.05, 4.69) is 36.1 Å². The third-order valence-electron chi connectivity index (χ3n) is 2.98. The second kappa shape index (κ2) is 5.50. The van der Waals surface area contributed by atoms with Crippen LogP contribution in [0, 0.1) is 6.92 Å². The van der Waals surface area contributed by atoms with Crippen molar-refractivity contribution in [2.24, 2.45) is 0 Å². The predicted octanol–water partition coefficient (Wildman–Crippen LogP) is 3.44. The van der Waals surface area contributed by atoms with E-state index in [-0.39, 0.29) is 0 Å². The number of aldehydes is 1. The average Bonchev–Trinajstić information content (AvgIpc) is 2.38. The summed E-state index contributed by atoms with van der Waals surface area (Å²) < 4.78 is 0. The fourth-order valence-corrected chi connectivity index (χ4v) is 2.10. The Bertz CT molecular complexity index is 548. The number of nitrogens with zero attached hydrogens (tertiary/aromatic N) is 1. The Balaban J connectivity index is 2.21. The smallest absolute Gasteiger partial charge is 0.152 e. The van der Waals surface area contributed by atoms with Gasteiger partial charge in [0.2, 0.25) is 0 Å². The molecule has 0 N–H and O–H groups in total. The van der Waals surface area contributed by atoms with Gasteiger partial charge in [-0.05, 0) is 24.6 Å². The van der Waals surface area contributed by atoms with Crippen LogP contribution in [0.2, 0.25) is 0 Å². The summed E-state index contributed by atoms with van der Waals surface area (Å²) in [6.45, 7) is 2.88. The number of hydrogen-bond acceptors (Lipinski definition) is 2. The lowest BCUT2D eigenvalue weighted by Crippen LogP contribution is -2.17. The highest BCUT2D eigenvalue weighted by atomic mass is 16.1. The summed E-state index contributed by atoms with van der Waals surface area (Å²) >= 11 is 0. The summed E-state index contributed by atoms with van der Waals surface area (Å²) in [5, 5.41) is 0. The first-order valence-corrected chi connectivity index (χ1v) is 6.01. The number of carbonyl (C=O) groups excluding carboxylic acids is 1. The van der Waals surface area contributed by atoms with E-state index in [1.807, 2.05) is 31.3 Å². The number of hydrogen-bond donors (Lipinski definition) is 0. The van der Waals surface area contributed by atoms with Gasteiger partial charge in [0.25, 0.3) is 0 Å². The maximum Gasteiger partial charge on any atom is 0.152 e. The van der Waals surface area contributed by atoms with Gasteiger partial charge in [-0.15, -0.1) is 0 Å². The van der Waals surface area contributed by atoms with Crippen LogP contribution in [0.3, 0.4) is 0 Å². The monoisotopic (exact) mass is 239 g/mol. The molecule has 92 valence electrons. The molecule has 0 fully saturated rings. The fraction of sp³-hybridized carbons (Fsp3) is 0.188. The van der Waals surface area contributed by atoms with Gasteiger partial charge in [0, 0.05) is 24.8 Å². The Kier molecular flexibility index (Phi) is 3.78. The summed E-state index contributed by atoms with van der Waals surface area (Å²) in [4.78, 5) is 13.1. The molecule has 0 saturated heterocycles. The SMILES string of the molecule is Cc1cccc(CN(C)c2ccccc2C=O)c1. The van der Waals surface area contributed by atoms with Crippen molar-refractivity contribution in [2.45, 2.75) is 13.5 Å². The molecule has 2 aromatic rings. The number of benzene rings is 2. The van der Waals surface area contributed by atoms with E-state index in [4.69, 9.17) is 0 Å². The minimum Gasteiger partial charge on any atom is -0.370 e. The van der Waals surface area contributed by atoms with Crippen molar-refractivity contribution in [3.05, 3.63) is 65.2 Å². The zero-order valence-corrected chi connectivity index (χ0v) is 10.8. The molecule has 0 aliphatic heterocycles. The van der Waals surface area contributed by atoms with Crippen molar-refractivity contribution in [3.8, 4) is 0 Å². The van der Waals surface area contributed by atoms with E-state index in [0.29, 0.717) is 0 Å². The van der Waals surface area contributed by atoms with Crippen molar-refractivity contribution in [3.63, 3.8) is 0 Å². The van der Waals surface area contributed by atoms with Crippen LogP contribution in [-0.2, 0) is 6.54 Å². The van der Waals surface area contributed by atoms with Gasteiger partial charge in [0.05, 0.1) is 0 Å². The van der Waals surface area contributed by atoms with E-state index in [1.54, 1.807) is 0 Å². The van der Waals surface area contributed by atoms with Gasteiger partial charge < -0.3 is 4.90 Å². The molecule has 0 radical (unpaired) electrons. The number of rotatable bonds is 4. The second-order valence-electron chi connectivity index (χ2n) is 4.52. The summed E-state index contributed by atoms with van der Waals surface area (Å²) in [6, 6.07) is 16.1. The Labute approximate surface area is 108 Å². The molecule has 2 nitrogen and oxygen atoms in total. The van der Waals surface area contributed by atoms with E-state index >= 15 is 0 Å². The van der Waals surface area contributed by atoms with Crippen molar-refractivity contribution in [1.82, 2.24) is 0 Å². The maximum atomic E-state index is 11.0. The molecule has 0 amide bonds. The lowest BCUT2D eigenvalue weighted by Gasteiger charge is -2.21. The number of aryl methyl sites for hydroxylation is 1. The minimum absolute atomic E-state index is 0.729. The lowest BCUT2D eigenvalue weighted by atomic mass is 10.1. The van der Waals surface area contributed by atoms with Gasteiger partial charge in [-0.1, -0.05) is 42.0 Å². The van der Waals surface area contributed by atoms with Crippen molar-refractivity contribution >= 4 is 12.0 Å². The molecule has 0 atom stereocenters. The van der Waals surface area contributed by atoms with Crippen LogP contribution in [0.15, 0.2) is 48.5 Å². The van der Waals surface area contributed by atoms with Crippen LogP contribution in [0.1, 0.15) is 21.5 Å². The van der Waals surface area contributed by atoms with E-state index in [0.717, 1.165) is 24.1 Å². The molecule has 0 heterocycles. The summed E-state index contributed by atoms with van der Waals surface area (Å²) in [5.41, 5.74) is 4.20. The molecular formula is C16H17NO. The first-order valence-electron chi connectivity index (χ1n) is 6.01. The molecule has 0 saturated carbocycles. The molecule has 2 aromatic carbocycles. The standard InChI is InChI=1S/C16H17NO/c1-13-6-5-7-14(10-13)11-17(2)16-9-4-3-8-15(16)12-18/h3-10,12H,11H2,1-2H3. The highest BCUT2D eigenvalue weighted by molar-refractivity contribution is 5.84. The fourth-order valence-electron chi connectivity index (χ4n) is 2.10. The zero-order valence-electron chi connectivity index (χ0n) is 10.8. The Hall–Kier alpha value is -2.09. The largest absolute Gasteiger partial charge is 0.370 e. The van der Waals surface area contributed by atoms with E-state index < -0.39 is 0 Å². The average molecular weight is 239 g/mol. The molecule has 0 aromatic heterocycles. The van der Waals surface area contributed by atoms with Crippen LogP contribution >= 0.6 is 0 Å². The minimum atomic E-state index is 0.729. The van der Waals surface area contributed by atoms with Crippen LogP contribution in [0.25, 0.3) is 0 Å². The van der Waals surface area contributed by atoms with Crippen LogP contribution in [0.5, 0.6) is 0 Å². The molecule has 2 rings (SSSR count). The number of carbonyl (C=O) groups is 1. The van der Waals surface area contributed by atoms with E-state index in [9.17, 15) is 4.79 Å². The third-order valence-corrected chi connectivity index (χ3v) is 2.98. The number of anilines is 1. The van der Waals surface area contributed by atoms with Crippen molar-refractivity contribution < 1.29 is 4.79 Å². The molecule has 0 spiro atoms. The van der Waals surface area contributed by atoms with Crippen LogP contribution in [-0.4, -0.2) is 13.3 Å². The Morgan fingerprint density at radius 2 is 1.89 bits per heavy atom. The van der Waals surface area contributed by atoms with Gasteiger partial charge in [-0.25, -0.2) is 0 Å². The highest BCUT2D eigenvalue weighted by Crippen LogP contribution is 2.19. The summed E-state index contributed by atoms with van der Waals surface area (Å²) in [6.07, 6.45) is 0.905. The van der Waals surface area contributed by atoms with Crippen LogP contribution < -0.4 is 4.90 Å². The molecule has 0 unspecified atom stereocenters. The maximum absolute atomic E-state index is 11.0. The zero-order chi connectivity index (χ0) is 13.0. The number of para-hydroxylation sites is 1. The molecular weight excluding hydrogens is 222 g/mol. The topological polar surface area (TPSA) is 20.3 Å².